The number of carbonyl (C=O) groups excluding carboxylic acids is 2. The molecule has 3 atom stereocenters. The fourth-order valence-corrected chi connectivity index (χ4v) is 6.12. The highest BCUT2D eigenvalue weighted by atomic mass is 19.4. The van der Waals surface area contributed by atoms with E-state index in [0.717, 1.165) is 49.0 Å². The van der Waals surface area contributed by atoms with Crippen LogP contribution in [0.25, 0.3) is 0 Å². The number of aromatic nitrogens is 1. The summed E-state index contributed by atoms with van der Waals surface area (Å²) in [5.74, 6) is 6.78. The van der Waals surface area contributed by atoms with Crippen LogP contribution in [0.5, 0.6) is 0 Å². The second kappa shape index (κ2) is 9.45. The minimum atomic E-state index is -4.55. The van der Waals surface area contributed by atoms with Crippen molar-refractivity contribution in [2.75, 3.05) is 11.9 Å². The summed E-state index contributed by atoms with van der Waals surface area (Å²) < 4.78 is 38.9. The van der Waals surface area contributed by atoms with E-state index in [4.69, 9.17) is 10.8 Å². The van der Waals surface area contributed by atoms with Gasteiger partial charge in [0.2, 0.25) is 11.6 Å². The van der Waals surface area contributed by atoms with E-state index < -0.39 is 17.6 Å². The number of anilines is 1. The van der Waals surface area contributed by atoms with Crippen LogP contribution in [0.4, 0.5) is 19.0 Å². The van der Waals surface area contributed by atoms with E-state index in [1.807, 2.05) is 18.7 Å². The second-order valence-corrected chi connectivity index (χ2v) is 11.5. The third kappa shape index (κ3) is 4.66. The molecular formula is C29H29F3N7O2+. The maximum absolute atomic E-state index is 13.0. The van der Waals surface area contributed by atoms with Crippen LogP contribution in [0.2, 0.25) is 0 Å². The summed E-state index contributed by atoms with van der Waals surface area (Å²) in [6, 6.07) is 8.37. The first-order valence-corrected chi connectivity index (χ1v) is 13.4. The van der Waals surface area contributed by atoms with Crippen molar-refractivity contribution >= 4 is 29.7 Å². The smallest absolute Gasteiger partial charge is 0.339 e. The van der Waals surface area contributed by atoms with Crippen LogP contribution >= 0.6 is 0 Å². The van der Waals surface area contributed by atoms with E-state index in [2.05, 4.69) is 15.3 Å². The average Bonchev–Trinajstić information content (AvgIpc) is 3.37. The summed E-state index contributed by atoms with van der Waals surface area (Å²) in [4.78, 5) is 40.9. The van der Waals surface area contributed by atoms with Crippen LogP contribution in [0.15, 0.2) is 76.4 Å². The van der Waals surface area contributed by atoms with Gasteiger partial charge >= 0.3 is 6.18 Å². The highest BCUT2D eigenvalue weighted by molar-refractivity contribution is 6.05. The first kappa shape index (κ1) is 27.0. The number of alkyl halides is 3. The molecule has 2 saturated heterocycles. The van der Waals surface area contributed by atoms with Crippen LogP contribution in [-0.4, -0.2) is 50.9 Å². The van der Waals surface area contributed by atoms with Crippen molar-refractivity contribution in [3.63, 3.8) is 0 Å². The van der Waals surface area contributed by atoms with Gasteiger partial charge in [0, 0.05) is 35.7 Å². The molecule has 0 radical (unpaired) electrons. The van der Waals surface area contributed by atoms with Gasteiger partial charge in [0.25, 0.3) is 11.7 Å². The summed E-state index contributed by atoms with van der Waals surface area (Å²) in [5.41, 5.74) is 1.15. The predicted octanol–water partition coefficient (Wildman–Crippen LogP) is 4.61. The molecule has 212 valence electrons. The summed E-state index contributed by atoms with van der Waals surface area (Å²) in [6.45, 7) is 4.57. The average molecular weight is 565 g/mol. The molecule has 1 aromatic heterocycles. The second-order valence-electron chi connectivity index (χ2n) is 11.5. The number of allylic oxidation sites excluding steroid dienone is 1. The lowest BCUT2D eigenvalue weighted by Crippen LogP contribution is -2.53. The molecule has 5 heterocycles. The van der Waals surface area contributed by atoms with Crippen molar-refractivity contribution < 1.29 is 27.4 Å². The van der Waals surface area contributed by atoms with Crippen LogP contribution in [0.1, 0.15) is 54.6 Å². The van der Waals surface area contributed by atoms with Gasteiger partial charge in [-0.2, -0.15) is 24.0 Å². The molecule has 4 aliphatic heterocycles. The zero-order valence-electron chi connectivity index (χ0n) is 22.5. The molecule has 12 heteroatoms. The van der Waals surface area contributed by atoms with Gasteiger partial charge < -0.3 is 10.2 Å². The van der Waals surface area contributed by atoms with Crippen LogP contribution in [-0.2, 0) is 11.0 Å². The molecule has 2 fully saturated rings. The number of fused-ring (bicyclic) bond motifs is 2. The lowest BCUT2D eigenvalue weighted by Gasteiger charge is -2.35. The number of carbonyl (C=O) groups is 2. The van der Waals surface area contributed by atoms with Gasteiger partial charge in [0.1, 0.15) is 17.7 Å². The molecule has 2 amide bonds. The maximum Gasteiger partial charge on any atom is 0.416 e. The molecule has 2 aromatic rings. The molecule has 3 N–H and O–H groups in total. The molecule has 0 saturated carbocycles. The van der Waals surface area contributed by atoms with Gasteiger partial charge in [-0.25, -0.2) is 4.98 Å². The van der Waals surface area contributed by atoms with Crippen molar-refractivity contribution in [2.24, 2.45) is 27.2 Å². The predicted molar refractivity (Wildman–Crippen MR) is 146 cm³/mol. The third-order valence-electron chi connectivity index (χ3n) is 8.24. The van der Waals surface area contributed by atoms with E-state index in [1.165, 1.54) is 0 Å². The number of nitrogens with zero attached hydrogens (tertiary/aromatic N) is 5. The Morgan fingerprint density at radius 3 is 2.66 bits per heavy atom. The molecule has 41 heavy (non-hydrogen) atoms. The fraction of sp³-hybridized carbons (Fsp3) is 0.345. The van der Waals surface area contributed by atoms with E-state index in [1.54, 1.807) is 42.9 Å². The Labute approximate surface area is 234 Å². The Kier molecular flexibility index (Phi) is 6.23. The van der Waals surface area contributed by atoms with Crippen molar-refractivity contribution in [3.05, 3.63) is 83.1 Å². The molecule has 9 nitrogen and oxygen atoms in total. The standard InChI is InChI=1S/C29H28F3N7O2/c1-28(2)14-21-8-7-19(16-38(21)27(28)41)24-22-15-34-11-12-39(22,33)25(37-24)17-3-5-18(6-4-17)26(40)36-23-13-20(9-10-35-23)29(30,31)32/h3-6,9-13,15,19,21H,7-8,14,16,33H2,1-2H3/p+1/t19-,21+,39?/m0/s1. The number of nitrogens with one attached hydrogen (secondary N) is 1. The number of hydrogen-bond acceptors (Lipinski definition) is 6. The van der Waals surface area contributed by atoms with E-state index in [-0.39, 0.29) is 39.3 Å². The van der Waals surface area contributed by atoms with Gasteiger partial charge in [-0.3, -0.25) is 14.6 Å². The Morgan fingerprint density at radius 2 is 1.93 bits per heavy atom. The molecule has 4 aliphatic rings. The number of hydrogen-bond donors (Lipinski definition) is 2. The Balaban J connectivity index is 1.24. The SMILES string of the molecule is CC1(C)C[C@H]2CC[C@H](C3=C4C=NC=C[N+]4(N)C(c4ccc(C(=O)Nc5cc(C(F)(F)F)ccn5)cc4)=N3)CN2C1=O. The highest BCUT2D eigenvalue weighted by Crippen LogP contribution is 2.44. The van der Waals surface area contributed by atoms with Gasteiger partial charge in [0.05, 0.1) is 23.5 Å². The lowest BCUT2D eigenvalue weighted by molar-refractivity contribution is -0.750. The Bertz CT molecular complexity index is 1560. The van der Waals surface area contributed by atoms with Gasteiger partial charge in [-0.15, -0.1) is 4.59 Å². The van der Waals surface area contributed by atoms with Crippen LogP contribution < -0.4 is 11.2 Å². The molecule has 1 unspecified atom stereocenters. The summed E-state index contributed by atoms with van der Waals surface area (Å²) in [6.07, 6.45) is 4.11. The highest BCUT2D eigenvalue weighted by Gasteiger charge is 2.51. The number of nitrogens with two attached hydrogens (primary N) is 1. The topological polar surface area (TPSA) is 113 Å². The Hall–Kier alpha value is -4.16. The number of quaternary nitrogens is 1. The first-order valence-electron chi connectivity index (χ1n) is 13.4. The number of pyridine rings is 1. The number of halogens is 3. The van der Waals surface area contributed by atoms with Gasteiger partial charge in [-0.05, 0) is 55.7 Å². The monoisotopic (exact) mass is 564 g/mol. The fourth-order valence-electron chi connectivity index (χ4n) is 6.12. The van der Waals surface area contributed by atoms with Crippen molar-refractivity contribution in [2.45, 2.75) is 45.3 Å². The van der Waals surface area contributed by atoms with Crippen molar-refractivity contribution in [1.82, 2.24) is 9.88 Å². The van der Waals surface area contributed by atoms with Crippen LogP contribution in [0, 0.1) is 11.3 Å². The third-order valence-corrected chi connectivity index (χ3v) is 8.24. The molecule has 0 aliphatic carbocycles. The molecular weight excluding hydrogens is 535 g/mol. The number of piperidine rings is 1. The maximum atomic E-state index is 13.0. The zero-order chi connectivity index (χ0) is 29.2. The molecule has 0 spiro atoms. The van der Waals surface area contributed by atoms with Crippen molar-refractivity contribution in [1.29, 1.82) is 0 Å². The van der Waals surface area contributed by atoms with Gasteiger partial charge in [-0.1, -0.05) is 13.8 Å². The lowest BCUT2D eigenvalue weighted by atomic mass is 9.86. The van der Waals surface area contributed by atoms with E-state index in [0.29, 0.717) is 17.9 Å². The summed E-state index contributed by atoms with van der Waals surface area (Å²) >= 11 is 0. The van der Waals surface area contributed by atoms with E-state index >= 15 is 0 Å². The number of benzene rings is 1. The molecule has 1 aromatic carbocycles. The zero-order valence-corrected chi connectivity index (χ0v) is 22.5. The van der Waals surface area contributed by atoms with Crippen molar-refractivity contribution in [3.8, 4) is 0 Å². The molecule has 6 rings (SSSR count). The number of aliphatic imine (C=N–C) groups is 2. The Morgan fingerprint density at radius 1 is 1.17 bits per heavy atom. The summed E-state index contributed by atoms with van der Waals surface area (Å²) in [5, 5.41) is 2.41. The quantitative estimate of drug-likeness (QED) is 0.417. The largest absolute Gasteiger partial charge is 0.416 e. The molecule has 0 bridgehead atoms. The normalized spacial score (nSPS) is 26.6. The first-order chi connectivity index (χ1) is 19.4. The number of amidine groups is 1. The number of rotatable bonds is 4. The number of amides is 2. The van der Waals surface area contributed by atoms with Crippen LogP contribution in [0.3, 0.4) is 0 Å². The van der Waals surface area contributed by atoms with Gasteiger partial charge in [0.15, 0.2) is 0 Å². The summed E-state index contributed by atoms with van der Waals surface area (Å²) in [7, 11) is 0. The van der Waals surface area contributed by atoms with E-state index in [9.17, 15) is 22.8 Å². The minimum absolute atomic E-state index is 0.000567. The minimum Gasteiger partial charge on any atom is -0.339 e.